The molecule has 130 valence electrons. The zero-order valence-electron chi connectivity index (χ0n) is 15.0. The van der Waals surface area contributed by atoms with Crippen molar-refractivity contribution in [1.82, 2.24) is 20.8 Å². The Morgan fingerprint density at radius 1 is 1.21 bits per heavy atom. The fraction of sp³-hybridized carbons (Fsp3) is 0.500. The number of aryl methyl sites for hydroxylation is 1. The maximum Gasteiger partial charge on any atom is 0.191 e. The van der Waals surface area contributed by atoms with E-state index in [0.717, 1.165) is 35.7 Å². The summed E-state index contributed by atoms with van der Waals surface area (Å²) >= 11 is 0. The van der Waals surface area contributed by atoms with E-state index in [1.54, 1.807) is 7.05 Å². The molecule has 0 radical (unpaired) electrons. The summed E-state index contributed by atoms with van der Waals surface area (Å²) in [7, 11) is 1.75. The summed E-state index contributed by atoms with van der Waals surface area (Å²) < 4.78 is 5.42. The van der Waals surface area contributed by atoms with Gasteiger partial charge < -0.3 is 15.2 Å². The van der Waals surface area contributed by atoms with Gasteiger partial charge in [-0.25, -0.2) is 0 Å². The van der Waals surface area contributed by atoms with Crippen LogP contribution in [-0.2, 0) is 13.1 Å². The van der Waals surface area contributed by atoms with Crippen molar-refractivity contribution in [3.63, 3.8) is 0 Å². The molecule has 0 aliphatic rings. The maximum absolute atomic E-state index is 5.42. The van der Waals surface area contributed by atoms with Crippen LogP contribution in [0.4, 0.5) is 0 Å². The molecule has 0 aliphatic carbocycles. The van der Waals surface area contributed by atoms with Crippen molar-refractivity contribution in [2.75, 3.05) is 7.05 Å². The summed E-state index contributed by atoms with van der Waals surface area (Å²) in [5, 5.41) is 10.7. The third-order valence-corrected chi connectivity index (χ3v) is 4.02. The molecular weight excluding hydrogens is 302 g/mol. The second-order valence-corrected chi connectivity index (χ2v) is 5.78. The van der Waals surface area contributed by atoms with Crippen molar-refractivity contribution < 1.29 is 4.52 Å². The number of aliphatic imine (C=N–C) groups is 1. The molecule has 2 heterocycles. The Kier molecular flexibility index (Phi) is 6.78. The summed E-state index contributed by atoms with van der Waals surface area (Å²) in [6, 6.07) is 8.01. The van der Waals surface area contributed by atoms with E-state index >= 15 is 0 Å². The monoisotopic (exact) mass is 329 g/mol. The molecule has 0 unspecified atom stereocenters. The average molecular weight is 329 g/mol. The van der Waals surface area contributed by atoms with Crippen LogP contribution in [0.1, 0.15) is 55.4 Å². The van der Waals surface area contributed by atoms with Crippen molar-refractivity contribution in [1.29, 1.82) is 0 Å². The molecule has 6 nitrogen and oxygen atoms in total. The van der Waals surface area contributed by atoms with Gasteiger partial charge >= 0.3 is 0 Å². The molecule has 0 aromatic carbocycles. The van der Waals surface area contributed by atoms with Crippen LogP contribution in [0.5, 0.6) is 0 Å². The van der Waals surface area contributed by atoms with Gasteiger partial charge in [-0.05, 0) is 31.9 Å². The summed E-state index contributed by atoms with van der Waals surface area (Å²) in [4.78, 5) is 8.68. The fourth-order valence-electron chi connectivity index (χ4n) is 2.58. The Bertz CT molecular complexity index is 661. The molecular formula is C18H27N5O. The lowest BCUT2D eigenvalue weighted by Gasteiger charge is -2.10. The van der Waals surface area contributed by atoms with Gasteiger partial charge in [0.25, 0.3) is 0 Å². The minimum atomic E-state index is 0.465. The number of hydrogen-bond donors (Lipinski definition) is 2. The molecule has 2 aromatic rings. The Morgan fingerprint density at radius 3 is 2.62 bits per heavy atom. The second-order valence-electron chi connectivity index (χ2n) is 5.78. The molecule has 0 saturated heterocycles. The van der Waals surface area contributed by atoms with Gasteiger partial charge in [0.15, 0.2) is 11.7 Å². The summed E-state index contributed by atoms with van der Waals surface area (Å²) in [6.45, 7) is 7.50. The van der Waals surface area contributed by atoms with Crippen LogP contribution < -0.4 is 10.6 Å². The zero-order valence-corrected chi connectivity index (χ0v) is 15.0. The van der Waals surface area contributed by atoms with Gasteiger partial charge in [-0.1, -0.05) is 25.1 Å². The summed E-state index contributed by atoms with van der Waals surface area (Å²) in [5.74, 6) is 1.99. The number of rotatable bonds is 7. The molecule has 2 rings (SSSR count). The molecule has 2 N–H and O–H groups in total. The van der Waals surface area contributed by atoms with Crippen molar-refractivity contribution in [2.24, 2.45) is 4.99 Å². The van der Waals surface area contributed by atoms with Crippen molar-refractivity contribution in [2.45, 2.75) is 52.6 Å². The number of nitrogens with one attached hydrogen (secondary N) is 2. The average Bonchev–Trinajstić information content (AvgIpc) is 3.05. The third-order valence-electron chi connectivity index (χ3n) is 4.02. The number of aromatic nitrogens is 2. The summed E-state index contributed by atoms with van der Waals surface area (Å²) in [6.07, 6.45) is 2.14. The summed E-state index contributed by atoms with van der Waals surface area (Å²) in [5.41, 5.74) is 3.02. The van der Waals surface area contributed by atoms with E-state index < -0.39 is 0 Å². The van der Waals surface area contributed by atoms with E-state index in [9.17, 15) is 0 Å². The van der Waals surface area contributed by atoms with Gasteiger partial charge in [0.2, 0.25) is 0 Å². The lowest BCUT2D eigenvalue weighted by atomic mass is 9.99. The van der Waals surface area contributed by atoms with E-state index in [0.29, 0.717) is 25.0 Å². The number of hydrogen-bond acceptors (Lipinski definition) is 4. The lowest BCUT2D eigenvalue weighted by molar-refractivity contribution is 0.368. The highest BCUT2D eigenvalue weighted by Crippen LogP contribution is 2.22. The van der Waals surface area contributed by atoms with E-state index in [2.05, 4.69) is 39.6 Å². The van der Waals surface area contributed by atoms with Crippen LogP contribution in [0, 0.1) is 6.92 Å². The molecule has 6 heteroatoms. The Hall–Kier alpha value is -2.37. The normalized spacial score (nSPS) is 11.8. The first-order valence-corrected chi connectivity index (χ1v) is 8.48. The predicted molar refractivity (Wildman–Crippen MR) is 95.8 cm³/mol. The molecule has 0 atom stereocenters. The van der Waals surface area contributed by atoms with E-state index in [1.807, 2.05) is 31.2 Å². The van der Waals surface area contributed by atoms with Gasteiger partial charge in [0.1, 0.15) is 0 Å². The van der Waals surface area contributed by atoms with Gasteiger partial charge in [-0.15, -0.1) is 0 Å². The largest absolute Gasteiger partial charge is 0.359 e. The third kappa shape index (κ3) is 5.08. The Labute approximate surface area is 143 Å². The van der Waals surface area contributed by atoms with Crippen LogP contribution in [-0.4, -0.2) is 23.1 Å². The Morgan fingerprint density at radius 2 is 1.96 bits per heavy atom. The first kappa shape index (κ1) is 18.0. The van der Waals surface area contributed by atoms with E-state index in [-0.39, 0.29) is 0 Å². The molecule has 2 aromatic heterocycles. The molecule has 0 amide bonds. The first-order valence-electron chi connectivity index (χ1n) is 8.48. The van der Waals surface area contributed by atoms with Crippen LogP contribution in [0.2, 0.25) is 0 Å². The van der Waals surface area contributed by atoms with Crippen LogP contribution in [0.3, 0.4) is 0 Å². The number of nitrogens with zero attached hydrogens (tertiary/aromatic N) is 3. The highest BCUT2D eigenvalue weighted by molar-refractivity contribution is 5.79. The second kappa shape index (κ2) is 9.05. The zero-order chi connectivity index (χ0) is 17.4. The highest BCUT2D eigenvalue weighted by atomic mass is 16.5. The smallest absolute Gasteiger partial charge is 0.191 e. The molecule has 0 saturated carbocycles. The van der Waals surface area contributed by atoms with Gasteiger partial charge in [-0.2, -0.15) is 0 Å². The van der Waals surface area contributed by atoms with E-state index in [1.165, 1.54) is 0 Å². The molecule has 0 bridgehead atoms. The van der Waals surface area contributed by atoms with Crippen LogP contribution >= 0.6 is 0 Å². The van der Waals surface area contributed by atoms with E-state index in [4.69, 9.17) is 4.52 Å². The molecule has 0 aliphatic heterocycles. The van der Waals surface area contributed by atoms with Crippen molar-refractivity contribution in [3.05, 3.63) is 47.1 Å². The SMILES string of the molecule is CCC(CC)c1cc(CNC(=NC)NCc2cccc(C)n2)on1. The molecule has 24 heavy (non-hydrogen) atoms. The van der Waals surface area contributed by atoms with Crippen LogP contribution in [0.15, 0.2) is 33.8 Å². The van der Waals surface area contributed by atoms with Gasteiger partial charge in [0, 0.05) is 24.7 Å². The minimum Gasteiger partial charge on any atom is -0.359 e. The van der Waals surface area contributed by atoms with Crippen LogP contribution in [0.25, 0.3) is 0 Å². The Balaban J connectivity index is 1.85. The molecule has 0 spiro atoms. The topological polar surface area (TPSA) is 75.3 Å². The maximum atomic E-state index is 5.42. The fourth-order valence-corrected chi connectivity index (χ4v) is 2.58. The van der Waals surface area contributed by atoms with Gasteiger partial charge in [-0.3, -0.25) is 9.98 Å². The number of pyridine rings is 1. The standard InChI is InChI=1S/C18H27N5O/c1-5-14(6-2)17-10-16(24-23-17)12-21-18(19-4)20-11-15-9-7-8-13(3)22-15/h7-10,14H,5-6,11-12H2,1-4H3,(H2,19,20,21). The van der Waals surface area contributed by atoms with Gasteiger partial charge in [0.05, 0.1) is 24.5 Å². The molecule has 0 fully saturated rings. The number of guanidine groups is 1. The predicted octanol–water partition coefficient (Wildman–Crippen LogP) is 3.15. The minimum absolute atomic E-state index is 0.465. The van der Waals surface area contributed by atoms with Crippen molar-refractivity contribution in [3.8, 4) is 0 Å². The quantitative estimate of drug-likeness (QED) is 0.603. The lowest BCUT2D eigenvalue weighted by Crippen LogP contribution is -2.36. The first-order chi connectivity index (χ1) is 11.7. The van der Waals surface area contributed by atoms with Crippen molar-refractivity contribution >= 4 is 5.96 Å². The highest BCUT2D eigenvalue weighted by Gasteiger charge is 2.13.